The molecule has 0 aromatic rings. The third kappa shape index (κ3) is 3.01. The molecule has 6 heteroatoms. The Bertz CT molecular complexity index is 374. The second kappa shape index (κ2) is 6.54. The molecule has 1 aliphatic heterocycles. The lowest BCUT2D eigenvalue weighted by atomic mass is 10.1. The zero-order chi connectivity index (χ0) is 14.6. The predicted molar refractivity (Wildman–Crippen MR) is 75.2 cm³/mol. The van der Waals surface area contributed by atoms with E-state index in [0.29, 0.717) is 18.8 Å². The van der Waals surface area contributed by atoms with Crippen molar-refractivity contribution >= 4 is 24.6 Å². The average molecular weight is 288 g/mol. The summed E-state index contributed by atoms with van der Waals surface area (Å²) in [5.74, 6) is -0.337. The number of quaternary nitrogens is 1. The van der Waals surface area contributed by atoms with Crippen molar-refractivity contribution in [2.24, 2.45) is 5.92 Å². The molecule has 1 saturated heterocycles. The van der Waals surface area contributed by atoms with E-state index in [1.54, 1.807) is 19.9 Å². The van der Waals surface area contributed by atoms with E-state index in [1.807, 2.05) is 0 Å². The van der Waals surface area contributed by atoms with Crippen molar-refractivity contribution in [3.63, 3.8) is 0 Å². The van der Waals surface area contributed by atoms with Crippen LogP contribution in [0.15, 0.2) is 12.7 Å². The van der Waals surface area contributed by atoms with Gasteiger partial charge in [0.1, 0.15) is 18.7 Å². The number of carbonyl (C=O) groups is 2. The monoisotopic (exact) mass is 288 g/mol. The summed E-state index contributed by atoms with van der Waals surface area (Å²) in [4.78, 5) is 24.1. The van der Waals surface area contributed by atoms with Gasteiger partial charge in [0.15, 0.2) is 0 Å². The van der Waals surface area contributed by atoms with Crippen LogP contribution in [0.1, 0.15) is 20.3 Å². The number of carbonyl (C=O) groups excluding carboxylic acids is 1. The molecular formula is C13H22NO4S+. The van der Waals surface area contributed by atoms with Crippen molar-refractivity contribution in [2.75, 3.05) is 18.9 Å². The van der Waals surface area contributed by atoms with Gasteiger partial charge in [-0.05, 0) is 13.8 Å². The van der Waals surface area contributed by atoms with Crippen LogP contribution in [0.3, 0.4) is 0 Å². The number of hydrogen-bond acceptors (Lipinski definition) is 4. The van der Waals surface area contributed by atoms with E-state index in [4.69, 9.17) is 4.74 Å². The summed E-state index contributed by atoms with van der Waals surface area (Å²) in [5.41, 5.74) is 0. The zero-order valence-corrected chi connectivity index (χ0v) is 12.3. The maximum Gasteiger partial charge on any atom is 0.521 e. The predicted octanol–water partition coefficient (Wildman–Crippen LogP) is 1.94. The Hall–Kier alpha value is -0.850. The Labute approximate surface area is 119 Å². The molecule has 0 aromatic heterocycles. The third-order valence-electron chi connectivity index (χ3n) is 3.73. The van der Waals surface area contributed by atoms with Gasteiger partial charge in [0, 0.05) is 12.2 Å². The number of carboxylic acid groups (broad SMARTS) is 1. The maximum absolute atomic E-state index is 12.4. The number of amides is 2. The first kappa shape index (κ1) is 16.2. The molecule has 1 N–H and O–H groups in total. The Morgan fingerprint density at radius 2 is 2.26 bits per heavy atom. The number of imide groups is 1. The standard InChI is InChI=1S/C13H21NO4S/c1-4-5-18-11-6-10(3)14(7-11,13(16)17)12(15)9(2)8-19/h4,9-11H,1,5-8H2,2-3H3,(H-,16,17,19)/p+1/t9?,10-,11+,14-/m1/s1. The van der Waals surface area contributed by atoms with Crippen molar-refractivity contribution in [1.82, 2.24) is 0 Å². The highest BCUT2D eigenvalue weighted by atomic mass is 32.1. The summed E-state index contributed by atoms with van der Waals surface area (Å²) in [7, 11) is 0. The molecule has 1 aliphatic rings. The van der Waals surface area contributed by atoms with E-state index in [-0.39, 0.29) is 30.5 Å². The minimum Gasteiger partial charge on any atom is -0.435 e. The number of thiol groups is 1. The highest BCUT2D eigenvalue weighted by Gasteiger charge is 2.57. The van der Waals surface area contributed by atoms with Crippen molar-refractivity contribution in [2.45, 2.75) is 32.4 Å². The first-order valence-corrected chi connectivity index (χ1v) is 7.02. The average Bonchev–Trinajstić information content (AvgIpc) is 2.72. The summed E-state index contributed by atoms with van der Waals surface area (Å²) >= 11 is 4.09. The lowest BCUT2D eigenvalue weighted by molar-refractivity contribution is -0.795. The van der Waals surface area contributed by atoms with Gasteiger partial charge in [-0.3, -0.25) is 0 Å². The molecule has 0 saturated carbocycles. The minimum absolute atomic E-state index is 0.182. The van der Waals surface area contributed by atoms with E-state index in [1.165, 1.54) is 0 Å². The van der Waals surface area contributed by atoms with Gasteiger partial charge in [0.2, 0.25) is 0 Å². The van der Waals surface area contributed by atoms with Crippen LogP contribution in [-0.4, -0.2) is 52.6 Å². The molecule has 0 bridgehead atoms. The minimum atomic E-state index is -1.10. The normalized spacial score (nSPS) is 31.9. The van der Waals surface area contributed by atoms with Crippen molar-refractivity contribution in [3.05, 3.63) is 12.7 Å². The molecule has 0 radical (unpaired) electrons. The Kier molecular flexibility index (Phi) is 5.58. The topological polar surface area (TPSA) is 63.6 Å². The maximum atomic E-state index is 12.4. The summed E-state index contributed by atoms with van der Waals surface area (Å²) in [6.45, 7) is 7.61. The van der Waals surface area contributed by atoms with E-state index in [9.17, 15) is 14.7 Å². The van der Waals surface area contributed by atoms with Gasteiger partial charge in [-0.25, -0.2) is 4.79 Å². The van der Waals surface area contributed by atoms with Crippen molar-refractivity contribution < 1.29 is 23.9 Å². The molecule has 2 amide bonds. The van der Waals surface area contributed by atoms with Gasteiger partial charge in [-0.2, -0.15) is 21.9 Å². The molecule has 1 unspecified atom stereocenters. The van der Waals surface area contributed by atoms with Crippen LogP contribution in [0.25, 0.3) is 0 Å². The van der Waals surface area contributed by atoms with Crippen molar-refractivity contribution in [1.29, 1.82) is 0 Å². The van der Waals surface area contributed by atoms with Crippen LogP contribution in [0.5, 0.6) is 0 Å². The molecule has 0 spiro atoms. The smallest absolute Gasteiger partial charge is 0.435 e. The fourth-order valence-electron chi connectivity index (χ4n) is 2.60. The molecule has 108 valence electrons. The van der Waals surface area contributed by atoms with Crippen LogP contribution in [-0.2, 0) is 9.53 Å². The van der Waals surface area contributed by atoms with Gasteiger partial charge in [-0.15, -0.1) is 6.58 Å². The van der Waals surface area contributed by atoms with Gasteiger partial charge in [0.05, 0.1) is 12.5 Å². The highest BCUT2D eigenvalue weighted by Crippen LogP contribution is 2.32. The van der Waals surface area contributed by atoms with Crippen LogP contribution in [0.2, 0.25) is 0 Å². The van der Waals surface area contributed by atoms with Gasteiger partial charge < -0.3 is 9.84 Å². The van der Waals surface area contributed by atoms with E-state index in [2.05, 4.69) is 19.2 Å². The zero-order valence-electron chi connectivity index (χ0n) is 11.4. The summed E-state index contributed by atoms with van der Waals surface area (Å²) < 4.78 is 4.97. The highest BCUT2D eigenvalue weighted by molar-refractivity contribution is 7.80. The van der Waals surface area contributed by atoms with Crippen LogP contribution in [0.4, 0.5) is 4.79 Å². The molecule has 4 atom stereocenters. The fourth-order valence-corrected chi connectivity index (χ4v) is 2.76. The summed E-state index contributed by atoms with van der Waals surface area (Å²) in [6.07, 6.45) is 0.859. The molecule has 1 rings (SSSR count). The van der Waals surface area contributed by atoms with Gasteiger partial charge in [-0.1, -0.05) is 6.08 Å². The fraction of sp³-hybridized carbons (Fsp3) is 0.692. The van der Waals surface area contributed by atoms with E-state index >= 15 is 0 Å². The third-order valence-corrected chi connectivity index (χ3v) is 4.28. The number of ether oxygens (including phenoxy) is 1. The SMILES string of the molecule is C=CCO[C@H]1C[C@@H](C)[N@@+](C(=O)O)(C(=O)C(C)CS)C1. The molecular weight excluding hydrogens is 266 g/mol. The Balaban J connectivity index is 2.97. The van der Waals surface area contributed by atoms with Crippen LogP contribution >= 0.6 is 12.6 Å². The second-order valence-electron chi connectivity index (χ2n) is 5.08. The molecule has 1 heterocycles. The van der Waals surface area contributed by atoms with Gasteiger partial charge >= 0.3 is 12.0 Å². The lowest BCUT2D eigenvalue weighted by Crippen LogP contribution is -2.61. The molecule has 1 fully saturated rings. The number of likely N-dealkylation sites (tertiary alicyclic amines) is 1. The van der Waals surface area contributed by atoms with E-state index in [0.717, 1.165) is 0 Å². The van der Waals surface area contributed by atoms with Crippen LogP contribution < -0.4 is 0 Å². The summed E-state index contributed by atoms with van der Waals surface area (Å²) in [6, 6.07) is -0.290. The molecule has 19 heavy (non-hydrogen) atoms. The number of rotatable bonds is 5. The lowest BCUT2D eigenvalue weighted by Gasteiger charge is -2.31. The molecule has 5 nitrogen and oxygen atoms in total. The van der Waals surface area contributed by atoms with Crippen molar-refractivity contribution in [3.8, 4) is 0 Å². The Morgan fingerprint density at radius 3 is 2.74 bits per heavy atom. The molecule has 0 aromatic carbocycles. The Morgan fingerprint density at radius 1 is 1.63 bits per heavy atom. The first-order valence-electron chi connectivity index (χ1n) is 6.39. The van der Waals surface area contributed by atoms with Crippen LogP contribution in [0, 0.1) is 5.92 Å². The number of nitrogens with zero attached hydrogens (tertiary/aromatic N) is 1. The largest absolute Gasteiger partial charge is 0.521 e. The van der Waals surface area contributed by atoms with Gasteiger partial charge in [0.25, 0.3) is 0 Å². The number of hydrogen-bond donors (Lipinski definition) is 2. The quantitative estimate of drug-likeness (QED) is 0.461. The second-order valence-corrected chi connectivity index (χ2v) is 5.45. The summed E-state index contributed by atoms with van der Waals surface area (Å²) in [5, 5.41) is 9.54. The first-order chi connectivity index (χ1) is 8.90. The van der Waals surface area contributed by atoms with E-state index < -0.39 is 10.6 Å². The molecule has 0 aliphatic carbocycles.